The van der Waals surface area contributed by atoms with E-state index in [4.69, 9.17) is 0 Å². The molecule has 0 aliphatic heterocycles. The van der Waals surface area contributed by atoms with Gasteiger partial charge in [0.25, 0.3) is 5.91 Å². The minimum atomic E-state index is -0.255. The van der Waals surface area contributed by atoms with Crippen LogP contribution < -0.4 is 10.6 Å². The Kier molecular flexibility index (Phi) is 5.71. The third-order valence-electron chi connectivity index (χ3n) is 4.68. The summed E-state index contributed by atoms with van der Waals surface area (Å²) in [5.74, 6) is -0.556. The maximum Gasteiger partial charge on any atom is 0.251 e. The SMILES string of the molecule is O=C(CCNC(=O)c1ccc(Br)cc1)NCC1(c2ccc(F)cc2)CC1. The Balaban J connectivity index is 1.41. The molecule has 0 saturated heterocycles. The standard InChI is InChI=1S/C20H20BrFN2O2/c21-16-5-1-14(2-6-16)19(26)23-12-9-18(25)24-13-20(10-11-20)15-3-7-17(22)8-4-15/h1-8H,9-13H2,(H,23,26)(H,24,25). The molecule has 0 heterocycles. The van der Waals surface area contributed by atoms with Crippen molar-refractivity contribution in [2.75, 3.05) is 13.1 Å². The van der Waals surface area contributed by atoms with Crippen LogP contribution in [0, 0.1) is 5.82 Å². The molecule has 1 aliphatic carbocycles. The Labute approximate surface area is 160 Å². The first-order valence-corrected chi connectivity index (χ1v) is 9.34. The van der Waals surface area contributed by atoms with E-state index in [9.17, 15) is 14.0 Å². The second-order valence-electron chi connectivity index (χ2n) is 6.58. The van der Waals surface area contributed by atoms with E-state index in [-0.39, 0.29) is 36.0 Å². The van der Waals surface area contributed by atoms with E-state index >= 15 is 0 Å². The molecule has 2 aromatic rings. The average molecular weight is 419 g/mol. The summed E-state index contributed by atoms with van der Waals surface area (Å²) in [6.07, 6.45) is 2.19. The highest BCUT2D eigenvalue weighted by Gasteiger charge is 2.44. The Hall–Kier alpha value is -2.21. The minimum absolute atomic E-state index is 0.0654. The van der Waals surface area contributed by atoms with Crippen molar-refractivity contribution in [1.82, 2.24) is 10.6 Å². The summed E-state index contributed by atoms with van der Waals surface area (Å²) < 4.78 is 14.0. The first kappa shape index (κ1) is 18.6. The number of hydrogen-bond donors (Lipinski definition) is 2. The molecule has 0 aromatic heterocycles. The number of benzene rings is 2. The van der Waals surface area contributed by atoms with Crippen LogP contribution in [0.4, 0.5) is 4.39 Å². The maximum atomic E-state index is 13.0. The number of halogens is 2. The van der Waals surface area contributed by atoms with E-state index in [0.717, 1.165) is 22.9 Å². The van der Waals surface area contributed by atoms with Crippen molar-refractivity contribution in [3.05, 3.63) is 69.9 Å². The fourth-order valence-corrected chi connectivity index (χ4v) is 3.14. The summed E-state index contributed by atoms with van der Waals surface area (Å²) in [7, 11) is 0. The molecule has 3 rings (SSSR count). The van der Waals surface area contributed by atoms with E-state index < -0.39 is 0 Å². The highest BCUT2D eigenvalue weighted by molar-refractivity contribution is 9.10. The van der Waals surface area contributed by atoms with Gasteiger partial charge >= 0.3 is 0 Å². The van der Waals surface area contributed by atoms with Crippen LogP contribution in [0.3, 0.4) is 0 Å². The van der Waals surface area contributed by atoms with Gasteiger partial charge in [-0.15, -0.1) is 0 Å². The van der Waals surface area contributed by atoms with E-state index in [1.54, 1.807) is 36.4 Å². The van der Waals surface area contributed by atoms with Crippen molar-refractivity contribution >= 4 is 27.7 Å². The van der Waals surface area contributed by atoms with Crippen LogP contribution >= 0.6 is 15.9 Å². The lowest BCUT2D eigenvalue weighted by atomic mass is 9.96. The Morgan fingerprint density at radius 3 is 2.27 bits per heavy atom. The van der Waals surface area contributed by atoms with Gasteiger partial charge in [0.2, 0.25) is 5.91 Å². The van der Waals surface area contributed by atoms with Crippen LogP contribution in [0.5, 0.6) is 0 Å². The van der Waals surface area contributed by atoms with Crippen LogP contribution in [0.15, 0.2) is 53.0 Å². The van der Waals surface area contributed by atoms with Gasteiger partial charge in [-0.05, 0) is 54.8 Å². The highest BCUT2D eigenvalue weighted by atomic mass is 79.9. The Bertz CT molecular complexity index is 786. The predicted molar refractivity (Wildman–Crippen MR) is 101 cm³/mol. The molecule has 0 bridgehead atoms. The number of rotatable bonds is 7. The lowest BCUT2D eigenvalue weighted by Crippen LogP contribution is -2.35. The molecular weight excluding hydrogens is 399 g/mol. The third-order valence-corrected chi connectivity index (χ3v) is 5.21. The number of amides is 2. The highest BCUT2D eigenvalue weighted by Crippen LogP contribution is 2.47. The molecule has 1 fully saturated rings. The summed E-state index contributed by atoms with van der Waals surface area (Å²) in [6.45, 7) is 0.822. The van der Waals surface area contributed by atoms with E-state index in [1.807, 2.05) is 0 Å². The lowest BCUT2D eigenvalue weighted by Gasteiger charge is -2.16. The summed E-state index contributed by atoms with van der Waals surface area (Å²) in [6, 6.07) is 13.5. The van der Waals surface area contributed by atoms with Gasteiger partial charge < -0.3 is 10.6 Å². The van der Waals surface area contributed by atoms with Gasteiger partial charge in [0.1, 0.15) is 5.82 Å². The largest absolute Gasteiger partial charge is 0.355 e. The molecule has 1 saturated carbocycles. The molecule has 2 amide bonds. The molecule has 0 unspecified atom stereocenters. The summed E-state index contributed by atoms with van der Waals surface area (Å²) in [4.78, 5) is 24.0. The maximum absolute atomic E-state index is 13.0. The summed E-state index contributed by atoms with van der Waals surface area (Å²) >= 11 is 3.32. The van der Waals surface area contributed by atoms with Crippen molar-refractivity contribution in [2.45, 2.75) is 24.7 Å². The smallest absolute Gasteiger partial charge is 0.251 e. The summed E-state index contributed by atoms with van der Waals surface area (Å²) in [5, 5.41) is 5.67. The van der Waals surface area contributed by atoms with Gasteiger partial charge in [-0.25, -0.2) is 4.39 Å². The number of carbonyl (C=O) groups is 2. The van der Waals surface area contributed by atoms with Crippen LogP contribution in [0.2, 0.25) is 0 Å². The van der Waals surface area contributed by atoms with E-state index in [1.165, 1.54) is 12.1 Å². The van der Waals surface area contributed by atoms with Gasteiger partial charge in [0.05, 0.1) is 0 Å². The van der Waals surface area contributed by atoms with E-state index in [0.29, 0.717) is 12.1 Å². The molecule has 2 aromatic carbocycles. The molecule has 1 aliphatic rings. The zero-order valence-corrected chi connectivity index (χ0v) is 15.8. The van der Waals surface area contributed by atoms with Gasteiger partial charge in [0, 0.05) is 35.0 Å². The molecule has 136 valence electrons. The van der Waals surface area contributed by atoms with Gasteiger partial charge in [-0.3, -0.25) is 9.59 Å². The van der Waals surface area contributed by atoms with Crippen molar-refractivity contribution in [3.8, 4) is 0 Å². The number of carbonyl (C=O) groups excluding carboxylic acids is 2. The topological polar surface area (TPSA) is 58.2 Å². The molecule has 0 atom stereocenters. The lowest BCUT2D eigenvalue weighted by molar-refractivity contribution is -0.121. The fraction of sp³-hybridized carbons (Fsp3) is 0.300. The number of hydrogen-bond acceptors (Lipinski definition) is 2. The first-order chi connectivity index (χ1) is 12.5. The van der Waals surface area contributed by atoms with Crippen molar-refractivity contribution in [2.24, 2.45) is 0 Å². The third kappa shape index (κ3) is 4.69. The molecule has 2 N–H and O–H groups in total. The van der Waals surface area contributed by atoms with Crippen LogP contribution in [0.25, 0.3) is 0 Å². The second kappa shape index (κ2) is 7.99. The summed E-state index contributed by atoms with van der Waals surface area (Å²) in [5.41, 5.74) is 1.55. The molecule has 4 nitrogen and oxygen atoms in total. The van der Waals surface area contributed by atoms with Crippen molar-refractivity contribution in [3.63, 3.8) is 0 Å². The minimum Gasteiger partial charge on any atom is -0.355 e. The quantitative estimate of drug-likeness (QED) is 0.721. The zero-order chi connectivity index (χ0) is 18.6. The van der Waals surface area contributed by atoms with Crippen LogP contribution in [-0.4, -0.2) is 24.9 Å². The molecular formula is C20H20BrFN2O2. The second-order valence-corrected chi connectivity index (χ2v) is 7.49. The molecule has 6 heteroatoms. The monoisotopic (exact) mass is 418 g/mol. The molecule has 0 spiro atoms. The van der Waals surface area contributed by atoms with Gasteiger partial charge in [-0.1, -0.05) is 28.1 Å². The van der Waals surface area contributed by atoms with Gasteiger partial charge in [0.15, 0.2) is 0 Å². The first-order valence-electron chi connectivity index (χ1n) is 8.55. The Morgan fingerprint density at radius 1 is 1.00 bits per heavy atom. The van der Waals surface area contributed by atoms with Crippen molar-refractivity contribution < 1.29 is 14.0 Å². The molecule has 26 heavy (non-hydrogen) atoms. The van der Waals surface area contributed by atoms with Crippen LogP contribution in [0.1, 0.15) is 35.2 Å². The van der Waals surface area contributed by atoms with Crippen molar-refractivity contribution in [1.29, 1.82) is 0 Å². The normalized spacial score (nSPS) is 14.5. The van der Waals surface area contributed by atoms with Crippen LogP contribution in [-0.2, 0) is 10.2 Å². The number of nitrogens with one attached hydrogen (secondary N) is 2. The van der Waals surface area contributed by atoms with Gasteiger partial charge in [-0.2, -0.15) is 0 Å². The predicted octanol–water partition coefficient (Wildman–Crippen LogP) is 3.56. The Morgan fingerprint density at radius 2 is 1.65 bits per heavy atom. The molecule has 0 radical (unpaired) electrons. The fourth-order valence-electron chi connectivity index (χ4n) is 2.87. The average Bonchev–Trinajstić information content (AvgIpc) is 3.42. The zero-order valence-electron chi connectivity index (χ0n) is 14.2. The van der Waals surface area contributed by atoms with E-state index in [2.05, 4.69) is 26.6 Å².